The van der Waals surface area contributed by atoms with E-state index < -0.39 is 5.79 Å². The number of benzene rings is 1. The van der Waals surface area contributed by atoms with Crippen molar-refractivity contribution in [1.29, 1.82) is 0 Å². The van der Waals surface area contributed by atoms with Crippen LogP contribution in [0.2, 0.25) is 0 Å². The third kappa shape index (κ3) is 1.70. The molecule has 0 aromatic heterocycles. The molecule has 0 amide bonds. The molecule has 1 aliphatic carbocycles. The van der Waals surface area contributed by atoms with Crippen LogP contribution in [0.1, 0.15) is 29.6 Å². The zero-order valence-electron chi connectivity index (χ0n) is 10.6. The van der Waals surface area contributed by atoms with Crippen LogP contribution in [0.4, 0.5) is 0 Å². The number of rotatable bonds is 0. The first kappa shape index (κ1) is 11.4. The molecule has 4 heteroatoms. The number of hydrogen-bond donors (Lipinski definition) is 0. The van der Waals surface area contributed by atoms with Crippen LogP contribution in [0, 0.1) is 5.92 Å². The van der Waals surface area contributed by atoms with Crippen molar-refractivity contribution >= 4 is 5.78 Å². The van der Waals surface area contributed by atoms with Crippen molar-refractivity contribution in [3.63, 3.8) is 0 Å². The zero-order valence-corrected chi connectivity index (χ0v) is 10.6. The van der Waals surface area contributed by atoms with Gasteiger partial charge in [-0.15, -0.1) is 0 Å². The van der Waals surface area contributed by atoms with E-state index in [9.17, 15) is 4.79 Å². The second-order valence-corrected chi connectivity index (χ2v) is 5.47. The average Bonchev–Trinajstić information content (AvgIpc) is 2.87. The molecule has 4 rings (SSSR count). The predicted octanol–water partition coefficient (Wildman–Crippen LogP) is 2.17. The lowest BCUT2D eigenvalue weighted by atomic mass is 9.77. The summed E-state index contributed by atoms with van der Waals surface area (Å²) in [5.41, 5.74) is 0.716. The van der Waals surface area contributed by atoms with Crippen LogP contribution in [-0.2, 0) is 9.47 Å². The Hall–Kier alpha value is -1.39. The summed E-state index contributed by atoms with van der Waals surface area (Å²) in [7, 11) is 0. The van der Waals surface area contributed by atoms with Gasteiger partial charge in [0.1, 0.15) is 11.9 Å². The normalized spacial score (nSPS) is 31.7. The van der Waals surface area contributed by atoms with Crippen molar-refractivity contribution in [3.05, 3.63) is 29.8 Å². The van der Waals surface area contributed by atoms with E-state index in [2.05, 4.69) is 0 Å². The zero-order chi connectivity index (χ0) is 12.9. The molecule has 19 heavy (non-hydrogen) atoms. The van der Waals surface area contributed by atoms with E-state index in [4.69, 9.17) is 14.2 Å². The van der Waals surface area contributed by atoms with Gasteiger partial charge in [-0.25, -0.2) is 0 Å². The van der Waals surface area contributed by atoms with Gasteiger partial charge in [0.05, 0.1) is 24.7 Å². The minimum absolute atomic E-state index is 0.0478. The van der Waals surface area contributed by atoms with Crippen molar-refractivity contribution in [2.24, 2.45) is 5.92 Å². The van der Waals surface area contributed by atoms with E-state index in [1.807, 2.05) is 24.3 Å². The third-order valence-corrected chi connectivity index (χ3v) is 4.38. The molecule has 2 heterocycles. The first-order valence-corrected chi connectivity index (χ1v) is 6.85. The number of para-hydroxylation sites is 1. The molecule has 2 unspecified atom stereocenters. The molecule has 2 aliphatic heterocycles. The minimum Gasteiger partial charge on any atom is -0.489 e. The first-order valence-electron chi connectivity index (χ1n) is 6.85. The standard InChI is InChI=1S/C15H16O4/c16-14-10-3-1-2-4-12(10)19-13-9-15(6-5-11(13)14)17-7-8-18-15/h1-4,11,13H,5-9H2. The third-order valence-electron chi connectivity index (χ3n) is 4.38. The number of carbonyl (C=O) groups excluding carboxylic acids is 1. The summed E-state index contributed by atoms with van der Waals surface area (Å²) in [6, 6.07) is 7.49. The molecule has 0 radical (unpaired) electrons. The van der Waals surface area contributed by atoms with Gasteiger partial charge in [-0.2, -0.15) is 0 Å². The van der Waals surface area contributed by atoms with E-state index in [1.54, 1.807) is 0 Å². The molecule has 4 nitrogen and oxygen atoms in total. The van der Waals surface area contributed by atoms with E-state index in [-0.39, 0.29) is 17.8 Å². The molecule has 1 saturated heterocycles. The first-order chi connectivity index (χ1) is 9.27. The summed E-state index contributed by atoms with van der Waals surface area (Å²) < 4.78 is 17.5. The Kier molecular flexibility index (Phi) is 2.44. The van der Waals surface area contributed by atoms with Crippen LogP contribution in [0.25, 0.3) is 0 Å². The van der Waals surface area contributed by atoms with E-state index in [1.165, 1.54) is 0 Å². The lowest BCUT2D eigenvalue weighted by Gasteiger charge is -2.42. The second kappa shape index (κ2) is 4.05. The Morgan fingerprint density at radius 3 is 2.79 bits per heavy atom. The summed E-state index contributed by atoms with van der Waals surface area (Å²) in [5.74, 6) is 0.352. The fourth-order valence-electron chi connectivity index (χ4n) is 3.43. The molecule has 1 spiro atoms. The fourth-order valence-corrected chi connectivity index (χ4v) is 3.43. The Labute approximate surface area is 111 Å². The van der Waals surface area contributed by atoms with E-state index in [0.717, 1.165) is 12.8 Å². The lowest BCUT2D eigenvalue weighted by Crippen LogP contribution is -2.49. The number of carbonyl (C=O) groups is 1. The average molecular weight is 260 g/mol. The van der Waals surface area contributed by atoms with Gasteiger partial charge >= 0.3 is 0 Å². The van der Waals surface area contributed by atoms with Crippen LogP contribution in [0.5, 0.6) is 5.75 Å². The van der Waals surface area contributed by atoms with Crippen LogP contribution < -0.4 is 4.74 Å². The molecule has 2 fully saturated rings. The lowest BCUT2D eigenvalue weighted by molar-refractivity contribution is -0.199. The Balaban J connectivity index is 1.66. The SMILES string of the molecule is O=C1c2ccccc2OC2CC3(CCC12)OCCO3. The molecular weight excluding hydrogens is 244 g/mol. The monoisotopic (exact) mass is 260 g/mol. The van der Waals surface area contributed by atoms with Gasteiger partial charge in [-0.05, 0) is 18.6 Å². The number of Topliss-reactive ketones (excluding diaryl/α,β-unsaturated/α-hetero) is 1. The Bertz CT molecular complexity index is 519. The highest BCUT2D eigenvalue weighted by molar-refractivity contribution is 6.01. The molecule has 0 bridgehead atoms. The molecule has 2 atom stereocenters. The highest BCUT2D eigenvalue weighted by Gasteiger charge is 2.50. The highest BCUT2D eigenvalue weighted by Crippen LogP contribution is 2.44. The summed E-state index contributed by atoms with van der Waals surface area (Å²) >= 11 is 0. The molecule has 1 aromatic rings. The summed E-state index contributed by atoms with van der Waals surface area (Å²) in [5, 5.41) is 0. The molecule has 0 N–H and O–H groups in total. The minimum atomic E-state index is -0.506. The smallest absolute Gasteiger partial charge is 0.173 e. The Morgan fingerprint density at radius 1 is 1.16 bits per heavy atom. The summed E-state index contributed by atoms with van der Waals surface area (Å²) in [6.07, 6.45) is 2.09. The van der Waals surface area contributed by atoms with Gasteiger partial charge in [0.25, 0.3) is 0 Å². The molecular formula is C15H16O4. The van der Waals surface area contributed by atoms with Gasteiger partial charge in [-0.1, -0.05) is 12.1 Å². The molecule has 100 valence electrons. The van der Waals surface area contributed by atoms with Crippen molar-refractivity contribution < 1.29 is 19.0 Å². The maximum atomic E-state index is 12.5. The second-order valence-electron chi connectivity index (χ2n) is 5.47. The summed E-state index contributed by atoms with van der Waals surface area (Å²) in [6.45, 7) is 1.28. The maximum absolute atomic E-state index is 12.5. The number of ether oxygens (including phenoxy) is 3. The van der Waals surface area contributed by atoms with Crippen molar-refractivity contribution in [3.8, 4) is 5.75 Å². The van der Waals surface area contributed by atoms with Crippen molar-refractivity contribution in [2.45, 2.75) is 31.2 Å². The van der Waals surface area contributed by atoms with Gasteiger partial charge in [-0.3, -0.25) is 4.79 Å². The number of hydrogen-bond acceptors (Lipinski definition) is 4. The largest absolute Gasteiger partial charge is 0.489 e. The quantitative estimate of drug-likeness (QED) is 0.717. The van der Waals surface area contributed by atoms with E-state index >= 15 is 0 Å². The van der Waals surface area contributed by atoms with Crippen molar-refractivity contribution in [1.82, 2.24) is 0 Å². The molecule has 1 aromatic carbocycles. The molecule has 1 saturated carbocycles. The van der Waals surface area contributed by atoms with Gasteiger partial charge in [0.2, 0.25) is 0 Å². The van der Waals surface area contributed by atoms with Crippen LogP contribution in [-0.4, -0.2) is 30.9 Å². The highest BCUT2D eigenvalue weighted by atomic mass is 16.7. The summed E-state index contributed by atoms with van der Waals surface area (Å²) in [4.78, 5) is 12.5. The van der Waals surface area contributed by atoms with Crippen LogP contribution in [0.15, 0.2) is 24.3 Å². The molecule has 3 aliphatic rings. The van der Waals surface area contributed by atoms with Gasteiger partial charge < -0.3 is 14.2 Å². The van der Waals surface area contributed by atoms with Gasteiger partial charge in [0, 0.05) is 12.8 Å². The number of ketones is 1. The van der Waals surface area contributed by atoms with Crippen molar-refractivity contribution in [2.75, 3.05) is 13.2 Å². The van der Waals surface area contributed by atoms with Crippen LogP contribution in [0.3, 0.4) is 0 Å². The van der Waals surface area contributed by atoms with E-state index in [0.29, 0.717) is 30.9 Å². The maximum Gasteiger partial charge on any atom is 0.173 e. The van der Waals surface area contributed by atoms with Crippen LogP contribution >= 0.6 is 0 Å². The fraction of sp³-hybridized carbons (Fsp3) is 0.533. The Morgan fingerprint density at radius 2 is 1.95 bits per heavy atom. The predicted molar refractivity (Wildman–Crippen MR) is 67.2 cm³/mol. The topological polar surface area (TPSA) is 44.8 Å². The number of fused-ring (bicyclic) bond motifs is 2. The van der Waals surface area contributed by atoms with Gasteiger partial charge in [0.15, 0.2) is 11.6 Å².